The molecule has 0 radical (unpaired) electrons. The van der Waals surface area contributed by atoms with Crippen LogP contribution in [-0.4, -0.2) is 54.5 Å². The van der Waals surface area contributed by atoms with E-state index in [2.05, 4.69) is 18.7 Å². The molecule has 0 aromatic rings. The first-order chi connectivity index (χ1) is 7.06. The zero-order valence-electron chi connectivity index (χ0n) is 10.1. The first kappa shape index (κ1) is 12.5. The minimum absolute atomic E-state index is 0.222. The number of carbonyl (C=O) groups excluding carboxylic acids is 1. The molecule has 1 rings (SSSR count). The monoisotopic (exact) mass is 213 g/mol. The van der Waals surface area contributed by atoms with Crippen molar-refractivity contribution in [2.45, 2.75) is 38.8 Å². The molecule has 0 unspecified atom stereocenters. The first-order valence-corrected chi connectivity index (χ1v) is 5.76. The highest BCUT2D eigenvalue weighted by Gasteiger charge is 2.30. The van der Waals surface area contributed by atoms with E-state index in [1.54, 1.807) is 0 Å². The summed E-state index contributed by atoms with van der Waals surface area (Å²) in [5.74, 6) is 0.222. The van der Waals surface area contributed by atoms with Gasteiger partial charge in [-0.2, -0.15) is 0 Å². The molecule has 1 aliphatic rings. The van der Waals surface area contributed by atoms with Gasteiger partial charge in [0, 0.05) is 32.2 Å². The molecule has 15 heavy (non-hydrogen) atoms. The first-order valence-electron chi connectivity index (χ1n) is 5.76. The maximum atomic E-state index is 11.9. The van der Waals surface area contributed by atoms with Crippen LogP contribution < -0.4 is 5.73 Å². The van der Waals surface area contributed by atoms with Gasteiger partial charge in [-0.1, -0.05) is 0 Å². The Bertz CT molecular complexity index is 214. The van der Waals surface area contributed by atoms with Crippen LogP contribution in [0.1, 0.15) is 26.7 Å². The molecule has 1 aliphatic carbocycles. The van der Waals surface area contributed by atoms with Crippen LogP contribution >= 0.6 is 0 Å². The molecule has 4 nitrogen and oxygen atoms in total. The molecule has 0 aromatic heterocycles. The van der Waals surface area contributed by atoms with E-state index in [0.29, 0.717) is 25.2 Å². The fraction of sp³-hybridized carbons (Fsp3) is 0.909. The summed E-state index contributed by atoms with van der Waals surface area (Å²) in [6.45, 7) is 6.10. The molecule has 0 bridgehead atoms. The molecule has 1 amide bonds. The Morgan fingerprint density at radius 2 is 2.07 bits per heavy atom. The zero-order chi connectivity index (χ0) is 11.4. The second-order valence-electron chi connectivity index (χ2n) is 4.59. The third-order valence-electron chi connectivity index (χ3n) is 2.97. The molecule has 0 spiro atoms. The maximum absolute atomic E-state index is 11.9. The maximum Gasteiger partial charge on any atom is 0.236 e. The summed E-state index contributed by atoms with van der Waals surface area (Å²) >= 11 is 0. The molecule has 4 heteroatoms. The number of rotatable bonds is 6. The summed E-state index contributed by atoms with van der Waals surface area (Å²) in [4.78, 5) is 15.9. The topological polar surface area (TPSA) is 49.6 Å². The lowest BCUT2D eigenvalue weighted by Crippen LogP contribution is -2.44. The Balaban J connectivity index is 2.38. The molecule has 0 saturated heterocycles. The van der Waals surface area contributed by atoms with Gasteiger partial charge in [-0.15, -0.1) is 0 Å². The minimum Gasteiger partial charge on any atom is -0.342 e. The highest BCUT2D eigenvalue weighted by atomic mass is 16.2. The van der Waals surface area contributed by atoms with Gasteiger partial charge in [0.2, 0.25) is 5.91 Å². The largest absolute Gasteiger partial charge is 0.342 e. The van der Waals surface area contributed by atoms with Gasteiger partial charge in [-0.25, -0.2) is 0 Å². The van der Waals surface area contributed by atoms with Crippen LogP contribution in [0.4, 0.5) is 0 Å². The molecule has 0 heterocycles. The van der Waals surface area contributed by atoms with E-state index >= 15 is 0 Å². The predicted octanol–water partition coefficient (Wildman–Crippen LogP) is 0.276. The lowest BCUT2D eigenvalue weighted by Gasteiger charge is -2.27. The molecular weight excluding hydrogens is 190 g/mol. The molecule has 0 aromatic carbocycles. The molecule has 2 N–H and O–H groups in total. The van der Waals surface area contributed by atoms with Crippen molar-refractivity contribution in [3.8, 4) is 0 Å². The fourth-order valence-corrected chi connectivity index (χ4v) is 1.64. The second-order valence-corrected chi connectivity index (χ2v) is 4.59. The second kappa shape index (κ2) is 5.47. The van der Waals surface area contributed by atoms with Crippen molar-refractivity contribution in [3.63, 3.8) is 0 Å². The highest BCUT2D eigenvalue weighted by molar-refractivity contribution is 5.78. The molecule has 1 fully saturated rings. The summed E-state index contributed by atoms with van der Waals surface area (Å²) < 4.78 is 0. The number of hydrogen-bond acceptors (Lipinski definition) is 3. The predicted molar refractivity (Wildman–Crippen MR) is 61.6 cm³/mol. The highest BCUT2D eigenvalue weighted by Crippen LogP contribution is 2.25. The molecule has 0 atom stereocenters. The summed E-state index contributed by atoms with van der Waals surface area (Å²) in [5, 5.41) is 0. The SMILES string of the molecule is CC(C)N(CCN)CC(=O)N(C)C1CC1. The van der Waals surface area contributed by atoms with Gasteiger partial charge in [0.05, 0.1) is 6.54 Å². The quantitative estimate of drug-likeness (QED) is 0.689. The van der Waals surface area contributed by atoms with Crippen molar-refractivity contribution in [2.24, 2.45) is 5.73 Å². The zero-order valence-corrected chi connectivity index (χ0v) is 10.1. The number of hydrogen-bond donors (Lipinski definition) is 1. The van der Waals surface area contributed by atoms with Gasteiger partial charge in [-0.05, 0) is 26.7 Å². The van der Waals surface area contributed by atoms with Crippen LogP contribution in [0.15, 0.2) is 0 Å². The van der Waals surface area contributed by atoms with Crippen molar-refractivity contribution < 1.29 is 4.79 Å². The molecule has 1 saturated carbocycles. The number of carbonyl (C=O) groups is 1. The van der Waals surface area contributed by atoms with Gasteiger partial charge < -0.3 is 10.6 Å². The number of likely N-dealkylation sites (N-methyl/N-ethyl adjacent to an activating group) is 1. The third-order valence-corrected chi connectivity index (χ3v) is 2.97. The Morgan fingerprint density at radius 1 is 1.47 bits per heavy atom. The standard InChI is InChI=1S/C11H23N3O/c1-9(2)14(7-6-12)8-11(15)13(3)10-4-5-10/h9-10H,4-8,12H2,1-3H3. The number of nitrogens with two attached hydrogens (primary N) is 1. The van der Waals surface area contributed by atoms with Crippen molar-refractivity contribution >= 4 is 5.91 Å². The van der Waals surface area contributed by atoms with E-state index in [1.165, 1.54) is 12.8 Å². The van der Waals surface area contributed by atoms with Crippen LogP contribution in [0.2, 0.25) is 0 Å². The van der Waals surface area contributed by atoms with Crippen LogP contribution in [0.3, 0.4) is 0 Å². The van der Waals surface area contributed by atoms with Crippen LogP contribution in [0, 0.1) is 0 Å². The van der Waals surface area contributed by atoms with Crippen molar-refractivity contribution in [1.82, 2.24) is 9.80 Å². The van der Waals surface area contributed by atoms with Crippen molar-refractivity contribution in [1.29, 1.82) is 0 Å². The van der Waals surface area contributed by atoms with Crippen molar-refractivity contribution in [3.05, 3.63) is 0 Å². The Labute approximate surface area is 92.4 Å². The summed E-state index contributed by atoms with van der Waals surface area (Å²) in [6.07, 6.45) is 2.33. The molecule has 88 valence electrons. The summed E-state index contributed by atoms with van der Waals surface area (Å²) in [5.41, 5.74) is 5.52. The Kier molecular flexibility index (Phi) is 4.54. The molecule has 0 aliphatic heterocycles. The Morgan fingerprint density at radius 3 is 2.47 bits per heavy atom. The normalized spacial score (nSPS) is 16.1. The van der Waals surface area contributed by atoms with E-state index < -0.39 is 0 Å². The van der Waals surface area contributed by atoms with E-state index in [4.69, 9.17) is 5.73 Å². The van der Waals surface area contributed by atoms with Gasteiger partial charge in [0.25, 0.3) is 0 Å². The van der Waals surface area contributed by atoms with Gasteiger partial charge in [-0.3, -0.25) is 9.69 Å². The van der Waals surface area contributed by atoms with Crippen molar-refractivity contribution in [2.75, 3.05) is 26.7 Å². The summed E-state index contributed by atoms with van der Waals surface area (Å²) in [7, 11) is 1.90. The van der Waals surface area contributed by atoms with E-state index in [1.807, 2.05) is 11.9 Å². The average Bonchev–Trinajstić information content (AvgIpc) is 2.98. The number of nitrogens with zero attached hydrogens (tertiary/aromatic N) is 2. The summed E-state index contributed by atoms with van der Waals surface area (Å²) in [6, 6.07) is 0.884. The average molecular weight is 213 g/mol. The van der Waals surface area contributed by atoms with Gasteiger partial charge >= 0.3 is 0 Å². The van der Waals surface area contributed by atoms with Crippen LogP contribution in [0.25, 0.3) is 0 Å². The van der Waals surface area contributed by atoms with E-state index in [-0.39, 0.29) is 5.91 Å². The van der Waals surface area contributed by atoms with Gasteiger partial charge in [0.15, 0.2) is 0 Å². The minimum atomic E-state index is 0.222. The molecular formula is C11H23N3O. The lowest BCUT2D eigenvalue weighted by atomic mass is 10.3. The van der Waals surface area contributed by atoms with Crippen LogP contribution in [0.5, 0.6) is 0 Å². The van der Waals surface area contributed by atoms with Gasteiger partial charge in [0.1, 0.15) is 0 Å². The smallest absolute Gasteiger partial charge is 0.236 e. The van der Waals surface area contributed by atoms with E-state index in [0.717, 1.165) is 6.54 Å². The lowest BCUT2D eigenvalue weighted by molar-refractivity contribution is -0.132. The fourth-order valence-electron chi connectivity index (χ4n) is 1.64. The van der Waals surface area contributed by atoms with Crippen LogP contribution in [-0.2, 0) is 4.79 Å². The Hall–Kier alpha value is -0.610. The number of amides is 1. The van der Waals surface area contributed by atoms with E-state index in [9.17, 15) is 4.79 Å². The third kappa shape index (κ3) is 3.80.